The summed E-state index contributed by atoms with van der Waals surface area (Å²) in [5.41, 5.74) is 0. The maximum atomic E-state index is 12.0. The lowest BCUT2D eigenvalue weighted by Crippen LogP contribution is -2.59. The molecule has 1 saturated heterocycles. The molecular formula is C12H24N4O2. The molecule has 18 heavy (non-hydrogen) atoms. The summed E-state index contributed by atoms with van der Waals surface area (Å²) in [5.74, 6) is -0.0572. The molecular weight excluding hydrogens is 239 g/mol. The maximum absolute atomic E-state index is 12.0. The maximum Gasteiger partial charge on any atom is 0.238 e. The summed E-state index contributed by atoms with van der Waals surface area (Å²) in [6.07, 6.45) is 0.324. The minimum absolute atomic E-state index is 0.000142. The average molecular weight is 263 g/mol. The smallest absolute Gasteiger partial charge is 0.238 e. The highest BCUT2D eigenvalue weighted by Crippen LogP contribution is 2.11. The Morgan fingerprint density at radius 2 is 1.89 bits per heavy atom. The lowest BCUT2D eigenvalue weighted by Gasteiger charge is -2.41. The minimum Gasteiger partial charge on any atom is -0.359 e. The van der Waals surface area contributed by atoms with Crippen LogP contribution >= 0.6 is 0 Å². The number of carbonyl (C=O) groups excluding carboxylic acids is 2. The molecule has 1 aliphatic heterocycles. The molecule has 2 atom stereocenters. The number of nitrogens with one attached hydrogen (secondary N) is 2. The van der Waals surface area contributed by atoms with Gasteiger partial charge in [-0.05, 0) is 21.0 Å². The van der Waals surface area contributed by atoms with E-state index in [1.807, 2.05) is 14.1 Å². The van der Waals surface area contributed by atoms with Crippen molar-refractivity contribution < 1.29 is 9.59 Å². The molecule has 0 bridgehead atoms. The first kappa shape index (κ1) is 14.9. The highest BCUT2D eigenvalue weighted by Gasteiger charge is 2.31. The lowest BCUT2D eigenvalue weighted by molar-refractivity contribution is -0.128. The van der Waals surface area contributed by atoms with Gasteiger partial charge in [0.2, 0.25) is 11.8 Å². The van der Waals surface area contributed by atoms with Gasteiger partial charge in [0, 0.05) is 39.1 Å². The van der Waals surface area contributed by atoms with Crippen LogP contribution < -0.4 is 10.6 Å². The monoisotopic (exact) mass is 263 g/mol. The largest absolute Gasteiger partial charge is 0.359 e. The zero-order valence-corrected chi connectivity index (χ0v) is 11.7. The van der Waals surface area contributed by atoms with Gasteiger partial charge in [-0.25, -0.2) is 0 Å². The molecule has 0 saturated carbocycles. The van der Waals surface area contributed by atoms with Crippen LogP contribution in [0.3, 0.4) is 0 Å². The van der Waals surface area contributed by atoms with Crippen molar-refractivity contribution >= 4 is 11.8 Å². The fraction of sp³-hybridized carbons (Fsp3) is 0.833. The molecule has 6 heteroatoms. The van der Waals surface area contributed by atoms with E-state index in [0.717, 1.165) is 13.1 Å². The predicted octanol–water partition coefficient (Wildman–Crippen LogP) is -1.13. The molecule has 0 aromatic heterocycles. The van der Waals surface area contributed by atoms with Crippen molar-refractivity contribution in [2.45, 2.75) is 25.4 Å². The standard InChI is InChI=1S/C12H24N4O2/c1-9-7-16(4)10(8-15(9)3)12(18)14-6-5-11(17)13-2/h9-10H,5-8H2,1-4H3,(H,13,17)(H,14,18)/i2+1,3+1,4+1,7+1,9+1,11+1,13+1. The van der Waals surface area contributed by atoms with Crippen LogP contribution in [-0.2, 0) is 9.59 Å². The van der Waals surface area contributed by atoms with Crippen LogP contribution in [0.1, 0.15) is 13.3 Å². The second-order valence-electron chi connectivity index (χ2n) is 4.96. The molecule has 0 spiro atoms. The number of likely N-dealkylation sites (N-methyl/N-ethyl adjacent to an activating group) is 2. The Balaban J connectivity index is 2.39. The summed E-state index contributed by atoms with van der Waals surface area (Å²) >= 11 is 0. The van der Waals surface area contributed by atoms with Crippen LogP contribution in [0, 0.1) is 0 Å². The van der Waals surface area contributed by atoms with E-state index in [4.69, 9.17) is 0 Å². The van der Waals surface area contributed by atoms with Gasteiger partial charge < -0.3 is 15.5 Å². The summed E-state index contributed by atoms with van der Waals surface area (Å²) in [4.78, 5) is 27.3. The number of hydrogen-bond acceptors (Lipinski definition) is 4. The molecule has 2 unspecified atom stereocenters. The quantitative estimate of drug-likeness (QED) is 0.498. The van der Waals surface area contributed by atoms with Gasteiger partial charge in [0.05, 0.1) is 0 Å². The third-order valence-electron chi connectivity index (χ3n) is 3.53. The molecule has 104 valence electrons. The number of nitrogens with zero attached hydrogens (tertiary/aromatic N) is 2. The normalized spacial score (nSPS) is 25.8. The van der Waals surface area contributed by atoms with Crippen molar-refractivity contribution in [2.24, 2.45) is 0 Å². The SMILES string of the molecule is C[13CH]1[13CH2]N([13CH3])C(C(=O)NCC[13C](=O)[15NH][13CH3])CN1[13CH3]. The second kappa shape index (κ2) is 6.70. The van der Waals surface area contributed by atoms with E-state index in [2.05, 4.69) is 27.4 Å². The molecule has 0 aliphatic carbocycles. The van der Waals surface area contributed by atoms with Crippen LogP contribution in [0.25, 0.3) is 0 Å². The Hall–Kier alpha value is -1.14. The van der Waals surface area contributed by atoms with Gasteiger partial charge in [0.1, 0.15) is 6.04 Å². The van der Waals surface area contributed by atoms with Gasteiger partial charge >= 0.3 is 0 Å². The van der Waals surface area contributed by atoms with E-state index in [-0.39, 0.29) is 17.9 Å². The van der Waals surface area contributed by atoms with Crippen molar-refractivity contribution in [1.29, 1.82) is 0 Å². The fourth-order valence-corrected chi connectivity index (χ4v) is 2.10. The van der Waals surface area contributed by atoms with E-state index < -0.39 is 0 Å². The Morgan fingerprint density at radius 1 is 1.22 bits per heavy atom. The molecule has 6 nitrogen and oxygen atoms in total. The van der Waals surface area contributed by atoms with Gasteiger partial charge in [-0.15, -0.1) is 0 Å². The third-order valence-corrected chi connectivity index (χ3v) is 3.53. The average Bonchev–Trinajstić information content (AvgIpc) is 2.33. The molecule has 0 aromatic carbocycles. The fourth-order valence-electron chi connectivity index (χ4n) is 2.10. The molecule has 1 heterocycles. The van der Waals surface area contributed by atoms with Gasteiger partial charge in [-0.2, -0.15) is 0 Å². The highest BCUT2D eigenvalue weighted by atomic mass is 16.3. The van der Waals surface area contributed by atoms with Crippen molar-refractivity contribution in [3.8, 4) is 0 Å². The number of carbonyl (C=O) groups is 2. The summed E-state index contributed by atoms with van der Waals surface area (Å²) < 4.78 is 0. The van der Waals surface area contributed by atoms with E-state index in [1.54, 1.807) is 7.05 Å². The van der Waals surface area contributed by atoms with Crippen molar-refractivity contribution in [1.82, 2.24) is 20.4 Å². The van der Waals surface area contributed by atoms with Crippen molar-refractivity contribution in [2.75, 3.05) is 40.8 Å². The first-order chi connectivity index (χ1) is 8.45. The van der Waals surface area contributed by atoms with Gasteiger partial charge in [0.25, 0.3) is 0 Å². The lowest BCUT2D eigenvalue weighted by atomic mass is 10.2. The first-order valence-corrected chi connectivity index (χ1v) is 6.34. The Bertz CT molecular complexity index is 308. The van der Waals surface area contributed by atoms with Crippen LogP contribution in [0.4, 0.5) is 0 Å². The molecule has 2 N–H and O–H groups in total. The van der Waals surface area contributed by atoms with Crippen LogP contribution in [0.2, 0.25) is 0 Å². The number of hydrogen-bond donors (Lipinski definition) is 2. The molecule has 2 amide bonds. The van der Waals surface area contributed by atoms with Crippen molar-refractivity contribution in [3.63, 3.8) is 0 Å². The predicted molar refractivity (Wildman–Crippen MR) is 70.2 cm³/mol. The molecule has 1 rings (SSSR count). The van der Waals surface area contributed by atoms with Gasteiger partial charge in [-0.3, -0.25) is 14.5 Å². The van der Waals surface area contributed by atoms with Crippen LogP contribution in [-0.4, -0.2) is 74.5 Å². The first-order valence-electron chi connectivity index (χ1n) is 6.34. The number of piperazine rings is 1. The molecule has 1 aliphatic rings. The van der Waals surface area contributed by atoms with Crippen LogP contribution in [0.5, 0.6) is 0 Å². The van der Waals surface area contributed by atoms with Crippen molar-refractivity contribution in [3.05, 3.63) is 0 Å². The Morgan fingerprint density at radius 3 is 2.50 bits per heavy atom. The molecule has 1 fully saturated rings. The van der Waals surface area contributed by atoms with E-state index in [1.165, 1.54) is 0 Å². The van der Waals surface area contributed by atoms with E-state index in [9.17, 15) is 9.59 Å². The number of rotatable bonds is 4. The minimum atomic E-state index is -0.129. The van der Waals surface area contributed by atoms with E-state index >= 15 is 0 Å². The van der Waals surface area contributed by atoms with E-state index in [0.29, 0.717) is 19.0 Å². The summed E-state index contributed by atoms with van der Waals surface area (Å²) in [6, 6.07) is 0.334. The molecule has 0 radical (unpaired) electrons. The Labute approximate surface area is 109 Å². The Kier molecular flexibility index (Phi) is 5.55. The summed E-state index contributed by atoms with van der Waals surface area (Å²) in [7, 11) is 5.59. The highest BCUT2D eigenvalue weighted by molar-refractivity contribution is 5.83. The van der Waals surface area contributed by atoms with Gasteiger partial charge in [-0.1, -0.05) is 0 Å². The molecule has 0 aromatic rings. The zero-order chi connectivity index (χ0) is 13.7. The summed E-state index contributed by atoms with van der Waals surface area (Å²) in [6.45, 7) is 4.14. The summed E-state index contributed by atoms with van der Waals surface area (Å²) in [5, 5.41) is 5.35. The second-order valence-corrected chi connectivity index (χ2v) is 4.96. The van der Waals surface area contributed by atoms with Crippen LogP contribution in [0.15, 0.2) is 0 Å². The zero-order valence-electron chi connectivity index (χ0n) is 11.7. The van der Waals surface area contributed by atoms with Gasteiger partial charge in [0.15, 0.2) is 0 Å². The third kappa shape index (κ3) is 3.96. The number of amides is 2. The topological polar surface area (TPSA) is 64.7 Å².